The van der Waals surface area contributed by atoms with Gasteiger partial charge >= 0.3 is 0 Å². The summed E-state index contributed by atoms with van der Waals surface area (Å²) in [5.41, 5.74) is 3.96. The molecule has 0 bridgehead atoms. The molecule has 0 atom stereocenters. The number of carbonyl (C=O) groups is 1. The largest absolute Gasteiger partial charge is 0.454 e. The summed E-state index contributed by atoms with van der Waals surface area (Å²) in [5.74, 6) is 1.52. The first-order valence-corrected chi connectivity index (χ1v) is 9.08. The zero-order valence-electron chi connectivity index (χ0n) is 15.2. The second kappa shape index (κ2) is 7.54. The minimum atomic E-state index is 0.0229. The van der Waals surface area contributed by atoms with E-state index in [1.54, 1.807) is 0 Å². The van der Waals surface area contributed by atoms with E-state index in [1.807, 2.05) is 72.5 Å². The lowest BCUT2D eigenvalue weighted by atomic mass is 10.0. The Morgan fingerprint density at radius 2 is 1.59 bits per heavy atom. The molecule has 1 aliphatic rings. The fraction of sp³-hybridized carbons (Fsp3) is 0.174. The van der Waals surface area contributed by atoms with Gasteiger partial charge < -0.3 is 14.4 Å². The number of ether oxygens (including phenoxy) is 2. The smallest absolute Gasteiger partial charge is 0.254 e. The monoisotopic (exact) mass is 359 g/mol. The molecule has 4 rings (SSSR count). The van der Waals surface area contributed by atoms with E-state index >= 15 is 0 Å². The number of hydrogen-bond donors (Lipinski definition) is 0. The molecule has 136 valence electrons. The van der Waals surface area contributed by atoms with Crippen LogP contribution in [-0.2, 0) is 6.54 Å². The van der Waals surface area contributed by atoms with Gasteiger partial charge in [-0.2, -0.15) is 0 Å². The van der Waals surface area contributed by atoms with Crippen molar-refractivity contribution in [3.05, 3.63) is 83.9 Å². The highest BCUT2D eigenvalue weighted by molar-refractivity contribution is 5.94. The van der Waals surface area contributed by atoms with Crippen LogP contribution in [0.15, 0.2) is 72.8 Å². The lowest BCUT2D eigenvalue weighted by Gasteiger charge is -2.21. The SMILES string of the molecule is CCN(Cc1ccc2c(c1)OCO2)C(=O)c1ccc(-c2ccccc2)cc1. The van der Waals surface area contributed by atoms with Crippen LogP contribution in [0.3, 0.4) is 0 Å². The summed E-state index contributed by atoms with van der Waals surface area (Å²) >= 11 is 0. The van der Waals surface area contributed by atoms with Gasteiger partial charge in [-0.1, -0.05) is 48.5 Å². The van der Waals surface area contributed by atoms with Crippen molar-refractivity contribution in [2.45, 2.75) is 13.5 Å². The summed E-state index contributed by atoms with van der Waals surface area (Å²) < 4.78 is 10.8. The molecule has 0 fully saturated rings. The second-order valence-corrected chi connectivity index (χ2v) is 6.45. The van der Waals surface area contributed by atoms with E-state index in [4.69, 9.17) is 9.47 Å². The zero-order valence-corrected chi connectivity index (χ0v) is 15.2. The fourth-order valence-corrected chi connectivity index (χ4v) is 3.21. The minimum Gasteiger partial charge on any atom is -0.454 e. The molecule has 1 aliphatic heterocycles. The molecule has 0 saturated heterocycles. The molecule has 0 radical (unpaired) electrons. The van der Waals surface area contributed by atoms with Crippen LogP contribution in [-0.4, -0.2) is 24.1 Å². The number of fused-ring (bicyclic) bond motifs is 1. The molecular weight excluding hydrogens is 338 g/mol. The Bertz CT molecular complexity index is 936. The highest BCUT2D eigenvalue weighted by Crippen LogP contribution is 2.33. The lowest BCUT2D eigenvalue weighted by Crippen LogP contribution is -2.30. The van der Waals surface area contributed by atoms with E-state index in [0.717, 1.165) is 28.2 Å². The Kier molecular flexibility index (Phi) is 4.79. The second-order valence-electron chi connectivity index (χ2n) is 6.45. The summed E-state index contributed by atoms with van der Waals surface area (Å²) in [7, 11) is 0. The third-order valence-electron chi connectivity index (χ3n) is 4.72. The van der Waals surface area contributed by atoms with Crippen molar-refractivity contribution in [1.29, 1.82) is 0 Å². The summed E-state index contributed by atoms with van der Waals surface area (Å²) in [5, 5.41) is 0. The first kappa shape index (κ1) is 17.2. The molecule has 0 saturated carbocycles. The van der Waals surface area contributed by atoms with Gasteiger partial charge in [-0.15, -0.1) is 0 Å². The minimum absolute atomic E-state index is 0.0229. The predicted octanol–water partition coefficient (Wildman–Crippen LogP) is 4.74. The normalized spacial score (nSPS) is 12.0. The van der Waals surface area contributed by atoms with Gasteiger partial charge in [-0.05, 0) is 47.9 Å². The van der Waals surface area contributed by atoms with Gasteiger partial charge in [0.1, 0.15) is 0 Å². The molecule has 1 heterocycles. The van der Waals surface area contributed by atoms with Gasteiger partial charge in [-0.25, -0.2) is 0 Å². The number of hydrogen-bond acceptors (Lipinski definition) is 3. The van der Waals surface area contributed by atoms with Crippen LogP contribution in [0.4, 0.5) is 0 Å². The molecule has 3 aromatic carbocycles. The van der Waals surface area contributed by atoms with Crippen molar-refractivity contribution in [2.24, 2.45) is 0 Å². The average molecular weight is 359 g/mol. The Morgan fingerprint density at radius 1 is 0.889 bits per heavy atom. The van der Waals surface area contributed by atoms with Gasteiger partial charge in [0.05, 0.1) is 0 Å². The maximum atomic E-state index is 12.9. The van der Waals surface area contributed by atoms with E-state index < -0.39 is 0 Å². The van der Waals surface area contributed by atoms with Gasteiger partial charge in [0.25, 0.3) is 5.91 Å². The molecule has 27 heavy (non-hydrogen) atoms. The highest BCUT2D eigenvalue weighted by atomic mass is 16.7. The zero-order chi connectivity index (χ0) is 18.6. The van der Waals surface area contributed by atoms with Crippen molar-refractivity contribution in [3.63, 3.8) is 0 Å². The molecule has 0 N–H and O–H groups in total. The fourth-order valence-electron chi connectivity index (χ4n) is 3.21. The summed E-state index contributed by atoms with van der Waals surface area (Å²) in [6.45, 7) is 3.41. The summed E-state index contributed by atoms with van der Waals surface area (Å²) in [6, 6.07) is 23.7. The Balaban J connectivity index is 1.50. The van der Waals surface area contributed by atoms with Gasteiger partial charge in [-0.3, -0.25) is 4.79 Å². The lowest BCUT2D eigenvalue weighted by molar-refractivity contribution is 0.0752. The highest BCUT2D eigenvalue weighted by Gasteiger charge is 2.18. The van der Waals surface area contributed by atoms with Crippen molar-refractivity contribution in [1.82, 2.24) is 4.90 Å². The average Bonchev–Trinajstić information content (AvgIpc) is 3.20. The van der Waals surface area contributed by atoms with Gasteiger partial charge in [0.2, 0.25) is 6.79 Å². The van der Waals surface area contributed by atoms with E-state index in [0.29, 0.717) is 18.7 Å². The van der Waals surface area contributed by atoms with Gasteiger partial charge in [0.15, 0.2) is 11.5 Å². The Labute approximate surface area is 159 Å². The van der Waals surface area contributed by atoms with E-state index in [-0.39, 0.29) is 12.7 Å². The molecule has 3 aromatic rings. The van der Waals surface area contributed by atoms with Crippen molar-refractivity contribution < 1.29 is 14.3 Å². The molecule has 0 aromatic heterocycles. The van der Waals surface area contributed by atoms with Crippen molar-refractivity contribution in [3.8, 4) is 22.6 Å². The van der Waals surface area contributed by atoms with Crippen LogP contribution >= 0.6 is 0 Å². The van der Waals surface area contributed by atoms with Gasteiger partial charge in [0, 0.05) is 18.7 Å². The van der Waals surface area contributed by atoms with Crippen LogP contribution in [0.5, 0.6) is 11.5 Å². The number of benzene rings is 3. The van der Waals surface area contributed by atoms with E-state index in [1.165, 1.54) is 0 Å². The first-order chi connectivity index (χ1) is 13.2. The third kappa shape index (κ3) is 3.65. The molecule has 4 heteroatoms. The summed E-state index contributed by atoms with van der Waals surface area (Å²) in [4.78, 5) is 14.8. The maximum absolute atomic E-state index is 12.9. The molecule has 0 aliphatic carbocycles. The number of carbonyl (C=O) groups excluding carboxylic acids is 1. The number of amides is 1. The van der Waals surface area contributed by atoms with Crippen LogP contribution in [0.2, 0.25) is 0 Å². The van der Waals surface area contributed by atoms with Crippen LogP contribution in [0, 0.1) is 0 Å². The Morgan fingerprint density at radius 3 is 2.33 bits per heavy atom. The first-order valence-electron chi connectivity index (χ1n) is 9.08. The predicted molar refractivity (Wildman–Crippen MR) is 105 cm³/mol. The standard InChI is InChI=1S/C23H21NO3/c1-2-24(15-17-8-13-21-22(14-17)27-16-26-21)23(25)20-11-9-19(10-12-20)18-6-4-3-5-7-18/h3-14H,2,15-16H2,1H3. The molecular formula is C23H21NO3. The van der Waals surface area contributed by atoms with Crippen molar-refractivity contribution in [2.75, 3.05) is 13.3 Å². The molecule has 1 amide bonds. The van der Waals surface area contributed by atoms with Crippen LogP contribution in [0.25, 0.3) is 11.1 Å². The summed E-state index contributed by atoms with van der Waals surface area (Å²) in [6.07, 6.45) is 0. The molecule has 4 nitrogen and oxygen atoms in total. The van der Waals surface area contributed by atoms with Crippen LogP contribution in [0.1, 0.15) is 22.8 Å². The van der Waals surface area contributed by atoms with Crippen molar-refractivity contribution >= 4 is 5.91 Å². The Hall–Kier alpha value is -3.27. The third-order valence-corrected chi connectivity index (χ3v) is 4.72. The quantitative estimate of drug-likeness (QED) is 0.660. The van der Waals surface area contributed by atoms with E-state index in [2.05, 4.69) is 12.1 Å². The van der Waals surface area contributed by atoms with E-state index in [9.17, 15) is 4.79 Å². The molecule has 0 spiro atoms. The molecule has 0 unspecified atom stereocenters. The number of rotatable bonds is 5. The topological polar surface area (TPSA) is 38.8 Å². The number of nitrogens with zero attached hydrogens (tertiary/aromatic N) is 1. The maximum Gasteiger partial charge on any atom is 0.254 e. The van der Waals surface area contributed by atoms with Crippen LogP contribution < -0.4 is 9.47 Å².